The Balaban J connectivity index is 2.06. The molecular weight excluding hydrogens is 240 g/mol. The van der Waals surface area contributed by atoms with Gasteiger partial charge in [-0.2, -0.15) is 0 Å². The van der Waals surface area contributed by atoms with Crippen LogP contribution in [0.25, 0.3) is 10.1 Å². The van der Waals surface area contributed by atoms with E-state index < -0.39 is 0 Å². The molecule has 0 aliphatic heterocycles. The van der Waals surface area contributed by atoms with E-state index in [1.807, 2.05) is 11.3 Å². The van der Waals surface area contributed by atoms with Crippen molar-refractivity contribution in [2.75, 3.05) is 13.6 Å². The zero-order chi connectivity index (χ0) is 12.6. The van der Waals surface area contributed by atoms with Crippen LogP contribution in [0.5, 0.6) is 0 Å². The SMILES string of the molecule is CNC(c1csc2ccccc12)C1(CN)CCC1. The number of fused-ring (bicyclic) bond motifs is 1. The number of nitrogens with one attached hydrogen (secondary N) is 1. The maximum Gasteiger partial charge on any atom is 0.0401 e. The molecule has 1 aromatic carbocycles. The molecule has 1 aliphatic rings. The molecule has 0 saturated heterocycles. The minimum atomic E-state index is 0.276. The van der Waals surface area contributed by atoms with E-state index in [9.17, 15) is 0 Å². The Kier molecular flexibility index (Phi) is 3.14. The molecule has 2 nitrogen and oxygen atoms in total. The maximum absolute atomic E-state index is 6.06. The van der Waals surface area contributed by atoms with Gasteiger partial charge in [-0.1, -0.05) is 24.6 Å². The van der Waals surface area contributed by atoms with E-state index in [0.29, 0.717) is 6.04 Å². The largest absolute Gasteiger partial charge is 0.330 e. The van der Waals surface area contributed by atoms with Crippen LogP contribution in [0.15, 0.2) is 29.6 Å². The first-order valence-corrected chi connectivity index (χ1v) is 7.52. The molecule has 1 unspecified atom stereocenters. The van der Waals surface area contributed by atoms with Gasteiger partial charge in [0.05, 0.1) is 0 Å². The van der Waals surface area contributed by atoms with Gasteiger partial charge < -0.3 is 11.1 Å². The highest BCUT2D eigenvalue weighted by molar-refractivity contribution is 7.17. The number of hydrogen-bond acceptors (Lipinski definition) is 3. The zero-order valence-corrected chi connectivity index (χ0v) is 11.6. The molecular formula is C15H20N2S. The van der Waals surface area contributed by atoms with Gasteiger partial charge in [-0.3, -0.25) is 0 Å². The molecule has 1 heterocycles. The van der Waals surface area contributed by atoms with Crippen molar-refractivity contribution < 1.29 is 0 Å². The third kappa shape index (κ3) is 1.69. The molecule has 1 aromatic heterocycles. The Labute approximate surface area is 112 Å². The highest BCUT2D eigenvalue weighted by atomic mass is 32.1. The predicted octanol–water partition coefficient (Wildman–Crippen LogP) is 3.29. The number of hydrogen-bond donors (Lipinski definition) is 2. The van der Waals surface area contributed by atoms with Gasteiger partial charge in [0.1, 0.15) is 0 Å². The van der Waals surface area contributed by atoms with Gasteiger partial charge >= 0.3 is 0 Å². The molecule has 18 heavy (non-hydrogen) atoms. The molecule has 3 N–H and O–H groups in total. The van der Waals surface area contributed by atoms with Crippen LogP contribution in [0.2, 0.25) is 0 Å². The summed E-state index contributed by atoms with van der Waals surface area (Å²) in [5, 5.41) is 7.21. The zero-order valence-electron chi connectivity index (χ0n) is 10.8. The van der Waals surface area contributed by atoms with Gasteiger partial charge in [-0.15, -0.1) is 11.3 Å². The lowest BCUT2D eigenvalue weighted by atomic mass is 9.62. The molecule has 3 heteroatoms. The summed E-state index contributed by atoms with van der Waals surface area (Å²) in [6, 6.07) is 9.06. The van der Waals surface area contributed by atoms with Crippen molar-refractivity contribution in [3.63, 3.8) is 0 Å². The fraction of sp³-hybridized carbons (Fsp3) is 0.467. The van der Waals surface area contributed by atoms with Gasteiger partial charge in [-0.05, 0) is 48.8 Å². The lowest BCUT2D eigenvalue weighted by Gasteiger charge is -2.47. The molecule has 0 amide bonds. The smallest absolute Gasteiger partial charge is 0.0401 e. The summed E-state index contributed by atoms with van der Waals surface area (Å²) in [4.78, 5) is 0. The van der Waals surface area contributed by atoms with E-state index in [2.05, 4.69) is 42.0 Å². The van der Waals surface area contributed by atoms with E-state index in [0.717, 1.165) is 6.54 Å². The standard InChI is InChI=1S/C15H20N2S/c1-17-14(15(10-16)7-4-8-15)12-9-18-13-6-3-2-5-11(12)13/h2-3,5-6,9,14,17H,4,7-8,10,16H2,1H3. The van der Waals surface area contributed by atoms with E-state index >= 15 is 0 Å². The van der Waals surface area contributed by atoms with Gasteiger partial charge in [0, 0.05) is 16.2 Å². The first-order chi connectivity index (χ1) is 8.80. The van der Waals surface area contributed by atoms with Crippen LogP contribution in [-0.4, -0.2) is 13.6 Å². The number of thiophene rings is 1. The number of nitrogens with two attached hydrogens (primary N) is 1. The summed E-state index contributed by atoms with van der Waals surface area (Å²) in [7, 11) is 2.06. The molecule has 0 radical (unpaired) electrons. The van der Waals surface area contributed by atoms with Crippen LogP contribution in [0.3, 0.4) is 0 Å². The second-order valence-electron chi connectivity index (χ2n) is 5.33. The van der Waals surface area contributed by atoms with E-state index in [1.165, 1.54) is 34.9 Å². The van der Waals surface area contributed by atoms with Gasteiger partial charge in [0.25, 0.3) is 0 Å². The van der Waals surface area contributed by atoms with Crippen LogP contribution in [0.4, 0.5) is 0 Å². The minimum absolute atomic E-state index is 0.276. The Hall–Kier alpha value is -0.900. The molecule has 2 aromatic rings. The van der Waals surface area contributed by atoms with Crippen molar-refractivity contribution in [2.45, 2.75) is 25.3 Å². The number of benzene rings is 1. The van der Waals surface area contributed by atoms with Crippen LogP contribution in [-0.2, 0) is 0 Å². The molecule has 1 aliphatic carbocycles. The molecule has 0 bridgehead atoms. The molecule has 3 rings (SSSR count). The molecule has 1 atom stereocenters. The first-order valence-electron chi connectivity index (χ1n) is 6.64. The second kappa shape index (κ2) is 4.65. The van der Waals surface area contributed by atoms with Crippen molar-refractivity contribution in [3.05, 3.63) is 35.2 Å². The predicted molar refractivity (Wildman–Crippen MR) is 79.0 cm³/mol. The third-order valence-electron chi connectivity index (χ3n) is 4.48. The molecule has 1 saturated carbocycles. The molecule has 1 fully saturated rings. The summed E-state index contributed by atoms with van der Waals surface area (Å²) >= 11 is 1.84. The van der Waals surface area contributed by atoms with Crippen molar-refractivity contribution in [1.29, 1.82) is 0 Å². The molecule has 96 valence electrons. The summed E-state index contributed by atoms with van der Waals surface area (Å²) in [6.07, 6.45) is 3.82. The van der Waals surface area contributed by atoms with Gasteiger partial charge in [0.15, 0.2) is 0 Å². The number of rotatable bonds is 4. The highest BCUT2D eigenvalue weighted by Gasteiger charge is 2.43. The fourth-order valence-electron chi connectivity index (χ4n) is 3.25. The van der Waals surface area contributed by atoms with Crippen LogP contribution >= 0.6 is 11.3 Å². The van der Waals surface area contributed by atoms with E-state index in [1.54, 1.807) is 0 Å². The monoisotopic (exact) mass is 260 g/mol. The molecule has 0 spiro atoms. The Bertz CT molecular complexity index is 537. The Morgan fingerprint density at radius 2 is 2.17 bits per heavy atom. The lowest BCUT2D eigenvalue weighted by molar-refractivity contribution is 0.0889. The normalized spacial score (nSPS) is 19.7. The van der Waals surface area contributed by atoms with E-state index in [-0.39, 0.29) is 5.41 Å². The van der Waals surface area contributed by atoms with Crippen LogP contribution in [0, 0.1) is 5.41 Å². The van der Waals surface area contributed by atoms with Gasteiger partial charge in [-0.25, -0.2) is 0 Å². The third-order valence-corrected chi connectivity index (χ3v) is 5.46. The van der Waals surface area contributed by atoms with Gasteiger partial charge in [0.2, 0.25) is 0 Å². The summed E-state index contributed by atoms with van der Waals surface area (Å²) in [5.74, 6) is 0. The van der Waals surface area contributed by atoms with Crippen molar-refractivity contribution in [3.8, 4) is 0 Å². The highest BCUT2D eigenvalue weighted by Crippen LogP contribution is 2.51. The van der Waals surface area contributed by atoms with Crippen molar-refractivity contribution in [1.82, 2.24) is 5.32 Å². The van der Waals surface area contributed by atoms with Crippen LogP contribution < -0.4 is 11.1 Å². The maximum atomic E-state index is 6.06. The summed E-state index contributed by atoms with van der Waals surface area (Å²) in [5.41, 5.74) is 7.77. The second-order valence-corrected chi connectivity index (χ2v) is 6.24. The van der Waals surface area contributed by atoms with Crippen molar-refractivity contribution in [2.24, 2.45) is 11.1 Å². The summed E-state index contributed by atoms with van der Waals surface area (Å²) < 4.78 is 1.37. The first kappa shape index (κ1) is 12.2. The Morgan fingerprint density at radius 3 is 2.78 bits per heavy atom. The average molecular weight is 260 g/mol. The fourth-order valence-corrected chi connectivity index (χ4v) is 4.24. The van der Waals surface area contributed by atoms with Crippen LogP contribution in [0.1, 0.15) is 30.9 Å². The summed E-state index contributed by atoms with van der Waals surface area (Å²) in [6.45, 7) is 0.780. The quantitative estimate of drug-likeness (QED) is 0.885. The lowest BCUT2D eigenvalue weighted by Crippen LogP contribution is -2.47. The van der Waals surface area contributed by atoms with E-state index in [4.69, 9.17) is 5.73 Å². The minimum Gasteiger partial charge on any atom is -0.330 e. The topological polar surface area (TPSA) is 38.0 Å². The van der Waals surface area contributed by atoms with Crippen molar-refractivity contribution >= 4 is 21.4 Å². The Morgan fingerprint density at radius 1 is 1.39 bits per heavy atom. The average Bonchev–Trinajstić information content (AvgIpc) is 2.77.